The zero-order chi connectivity index (χ0) is 12.7. The summed E-state index contributed by atoms with van der Waals surface area (Å²) in [6.07, 6.45) is 5.12. The average Bonchev–Trinajstić information content (AvgIpc) is 2.34. The minimum absolute atomic E-state index is 0.200. The topological polar surface area (TPSA) is 58.6 Å². The normalized spacial score (nSPS) is 11.5. The highest BCUT2D eigenvalue weighted by atomic mass is 16.5. The van der Waals surface area contributed by atoms with E-state index >= 15 is 0 Å². The Morgan fingerprint density at radius 2 is 2.29 bits per heavy atom. The molecule has 0 amide bonds. The highest BCUT2D eigenvalue weighted by Gasteiger charge is 2.10. The van der Waals surface area contributed by atoms with E-state index in [-0.39, 0.29) is 6.61 Å². The molecule has 2 N–H and O–H groups in total. The maximum atomic E-state index is 10.7. The summed E-state index contributed by atoms with van der Waals surface area (Å²) in [5.74, 6) is 2.18. The van der Waals surface area contributed by atoms with Gasteiger partial charge >= 0.3 is 5.97 Å². The Morgan fingerprint density at radius 3 is 2.94 bits per heavy atom. The average molecular weight is 233 g/mol. The van der Waals surface area contributed by atoms with Gasteiger partial charge in [-0.15, -0.1) is 6.42 Å². The molecule has 0 aliphatic carbocycles. The fourth-order valence-corrected chi connectivity index (χ4v) is 1.26. The van der Waals surface area contributed by atoms with E-state index in [9.17, 15) is 4.79 Å². The highest BCUT2D eigenvalue weighted by molar-refractivity contribution is 5.72. The predicted octanol–water partition coefficient (Wildman–Crippen LogP) is 1.26. The van der Waals surface area contributed by atoms with Gasteiger partial charge in [0.05, 0.1) is 0 Å². The first-order valence-corrected chi connectivity index (χ1v) is 5.25. The van der Waals surface area contributed by atoms with Crippen LogP contribution in [-0.2, 0) is 11.3 Å². The molecule has 4 heteroatoms. The first-order chi connectivity index (χ1) is 8.15. The van der Waals surface area contributed by atoms with E-state index in [0.717, 1.165) is 5.56 Å². The number of carbonyl (C=O) groups is 1. The number of hydrogen-bond donors (Lipinski definition) is 2. The number of rotatable bonds is 6. The Balaban J connectivity index is 2.64. The Bertz CT molecular complexity index is 423. The fraction of sp³-hybridized carbons (Fsp3) is 0.308. The van der Waals surface area contributed by atoms with Gasteiger partial charge in [-0.3, -0.25) is 4.79 Å². The number of nitrogens with one attached hydrogen (secondary N) is 1. The van der Waals surface area contributed by atoms with Gasteiger partial charge in [-0.25, -0.2) is 0 Å². The van der Waals surface area contributed by atoms with Crippen molar-refractivity contribution >= 4 is 5.97 Å². The molecule has 0 aliphatic heterocycles. The van der Waals surface area contributed by atoms with Crippen molar-refractivity contribution in [2.24, 2.45) is 0 Å². The van der Waals surface area contributed by atoms with Gasteiger partial charge in [0.2, 0.25) is 0 Å². The molecule has 0 saturated heterocycles. The zero-order valence-electron chi connectivity index (χ0n) is 9.64. The molecule has 0 aliphatic rings. The number of ether oxygens (including phenoxy) is 1. The molecule has 1 aromatic rings. The van der Waals surface area contributed by atoms with Gasteiger partial charge in [-0.1, -0.05) is 24.1 Å². The van der Waals surface area contributed by atoms with Gasteiger partial charge in [0, 0.05) is 12.1 Å². The second-order valence-electron chi connectivity index (χ2n) is 3.54. The summed E-state index contributed by atoms with van der Waals surface area (Å²) in [5, 5.41) is 11.6. The summed E-state index contributed by atoms with van der Waals surface area (Å²) >= 11 is 0. The first kappa shape index (κ1) is 13.1. The fourth-order valence-electron chi connectivity index (χ4n) is 1.26. The maximum absolute atomic E-state index is 10.7. The molecule has 1 atom stereocenters. The van der Waals surface area contributed by atoms with Crippen molar-refractivity contribution in [3.63, 3.8) is 0 Å². The third-order valence-electron chi connectivity index (χ3n) is 2.25. The van der Waals surface area contributed by atoms with Gasteiger partial charge in [-0.2, -0.15) is 0 Å². The van der Waals surface area contributed by atoms with E-state index in [1.54, 1.807) is 13.0 Å². The molecule has 1 rings (SSSR count). The molecule has 0 bridgehead atoms. The lowest BCUT2D eigenvalue weighted by atomic mass is 10.2. The Labute approximate surface area is 101 Å². The van der Waals surface area contributed by atoms with E-state index in [0.29, 0.717) is 12.3 Å². The highest BCUT2D eigenvalue weighted by Crippen LogP contribution is 2.17. The van der Waals surface area contributed by atoms with Gasteiger partial charge < -0.3 is 15.2 Å². The SMILES string of the molecule is C#CCOc1ccccc1CNC(C)C(=O)O. The van der Waals surface area contributed by atoms with Crippen LogP contribution in [0.5, 0.6) is 5.75 Å². The second-order valence-corrected chi connectivity index (χ2v) is 3.54. The van der Waals surface area contributed by atoms with Crippen LogP contribution < -0.4 is 10.1 Å². The second kappa shape index (κ2) is 6.56. The third-order valence-corrected chi connectivity index (χ3v) is 2.25. The van der Waals surface area contributed by atoms with Crippen molar-refractivity contribution in [1.29, 1.82) is 0 Å². The van der Waals surface area contributed by atoms with Gasteiger partial charge in [0.1, 0.15) is 18.4 Å². The molecule has 0 radical (unpaired) electrons. The number of carboxylic acid groups (broad SMARTS) is 1. The molecule has 0 heterocycles. The van der Waals surface area contributed by atoms with Crippen molar-refractivity contribution in [1.82, 2.24) is 5.32 Å². The van der Waals surface area contributed by atoms with Gasteiger partial charge in [0.15, 0.2) is 0 Å². The van der Waals surface area contributed by atoms with Crippen molar-refractivity contribution in [3.8, 4) is 18.1 Å². The third kappa shape index (κ3) is 4.17. The van der Waals surface area contributed by atoms with Crippen molar-refractivity contribution in [2.45, 2.75) is 19.5 Å². The number of terminal acetylenes is 1. The van der Waals surface area contributed by atoms with Gasteiger partial charge in [0.25, 0.3) is 0 Å². The van der Waals surface area contributed by atoms with E-state index in [4.69, 9.17) is 16.3 Å². The molecule has 1 unspecified atom stereocenters. The quantitative estimate of drug-likeness (QED) is 0.726. The first-order valence-electron chi connectivity index (χ1n) is 5.25. The number of para-hydroxylation sites is 1. The number of carboxylic acids is 1. The summed E-state index contributed by atoms with van der Waals surface area (Å²) in [7, 11) is 0. The minimum Gasteiger partial charge on any atom is -0.481 e. The van der Waals surface area contributed by atoms with Crippen LogP contribution in [0.25, 0.3) is 0 Å². The Morgan fingerprint density at radius 1 is 1.59 bits per heavy atom. The van der Waals surface area contributed by atoms with Gasteiger partial charge in [-0.05, 0) is 13.0 Å². The Kier molecular flexibility index (Phi) is 5.05. The van der Waals surface area contributed by atoms with Crippen molar-refractivity contribution < 1.29 is 14.6 Å². The smallest absolute Gasteiger partial charge is 0.320 e. The zero-order valence-corrected chi connectivity index (χ0v) is 9.64. The van der Waals surface area contributed by atoms with E-state index in [2.05, 4.69) is 11.2 Å². The summed E-state index contributed by atoms with van der Waals surface area (Å²) in [6.45, 7) is 2.22. The van der Waals surface area contributed by atoms with Crippen LogP contribution in [0.4, 0.5) is 0 Å². The predicted molar refractivity (Wildman–Crippen MR) is 64.7 cm³/mol. The molecule has 0 saturated carbocycles. The lowest BCUT2D eigenvalue weighted by molar-refractivity contribution is -0.139. The van der Waals surface area contributed by atoms with Crippen LogP contribution in [0.3, 0.4) is 0 Å². The van der Waals surface area contributed by atoms with Crippen LogP contribution in [0.2, 0.25) is 0 Å². The molecule has 0 spiro atoms. The molecule has 1 aromatic carbocycles. The lowest BCUT2D eigenvalue weighted by Crippen LogP contribution is -2.33. The molecular formula is C13H15NO3. The maximum Gasteiger partial charge on any atom is 0.320 e. The van der Waals surface area contributed by atoms with Crippen LogP contribution in [0.1, 0.15) is 12.5 Å². The number of aliphatic carboxylic acids is 1. The molecule has 90 valence electrons. The monoisotopic (exact) mass is 233 g/mol. The van der Waals surface area contributed by atoms with Crippen LogP contribution in [-0.4, -0.2) is 23.7 Å². The summed E-state index contributed by atoms with van der Waals surface area (Å²) in [6, 6.07) is 6.78. The Hall–Kier alpha value is -1.99. The lowest BCUT2D eigenvalue weighted by Gasteiger charge is -2.12. The van der Waals surface area contributed by atoms with Crippen LogP contribution in [0.15, 0.2) is 24.3 Å². The minimum atomic E-state index is -0.882. The van der Waals surface area contributed by atoms with Crippen LogP contribution in [0, 0.1) is 12.3 Å². The van der Waals surface area contributed by atoms with Crippen molar-refractivity contribution in [2.75, 3.05) is 6.61 Å². The van der Waals surface area contributed by atoms with E-state index in [1.807, 2.05) is 18.2 Å². The van der Waals surface area contributed by atoms with E-state index in [1.165, 1.54) is 0 Å². The number of hydrogen-bond acceptors (Lipinski definition) is 3. The van der Waals surface area contributed by atoms with Crippen LogP contribution >= 0.6 is 0 Å². The largest absolute Gasteiger partial charge is 0.481 e. The molecule has 17 heavy (non-hydrogen) atoms. The van der Waals surface area contributed by atoms with Crippen molar-refractivity contribution in [3.05, 3.63) is 29.8 Å². The summed E-state index contributed by atoms with van der Waals surface area (Å²) < 4.78 is 5.36. The molecule has 0 fully saturated rings. The summed E-state index contributed by atoms with van der Waals surface area (Å²) in [4.78, 5) is 10.7. The molecule has 4 nitrogen and oxygen atoms in total. The molecular weight excluding hydrogens is 218 g/mol. The van der Waals surface area contributed by atoms with E-state index < -0.39 is 12.0 Å². The molecule has 0 aromatic heterocycles. The standard InChI is InChI=1S/C13H15NO3/c1-3-8-17-12-7-5-4-6-11(12)9-14-10(2)13(15)16/h1,4-7,10,14H,8-9H2,2H3,(H,15,16). The summed E-state index contributed by atoms with van der Waals surface area (Å²) in [5.41, 5.74) is 0.885. The number of benzene rings is 1.